The Morgan fingerprint density at radius 3 is 2.86 bits per heavy atom. The van der Waals surface area contributed by atoms with Crippen molar-refractivity contribution in [2.75, 3.05) is 0 Å². The molecule has 0 heterocycles. The molecule has 1 aromatic carbocycles. The quantitative estimate of drug-likeness (QED) is 0.881. The standard InChI is InChI=1S/C11H14BrFO/c1-8(14)4-2-5-9-6-3-7-10(13)11(9)12/h3,6-8,14H,2,4-5H2,1H3. The minimum Gasteiger partial charge on any atom is -0.393 e. The van der Waals surface area contributed by atoms with Gasteiger partial charge in [0.15, 0.2) is 0 Å². The average Bonchev–Trinajstić information content (AvgIpc) is 2.12. The highest BCUT2D eigenvalue weighted by molar-refractivity contribution is 9.10. The van der Waals surface area contributed by atoms with Crippen molar-refractivity contribution >= 4 is 15.9 Å². The van der Waals surface area contributed by atoms with Crippen molar-refractivity contribution in [3.8, 4) is 0 Å². The minimum atomic E-state index is -0.276. The SMILES string of the molecule is CC(O)CCCc1cccc(F)c1Br. The molecule has 1 nitrogen and oxygen atoms in total. The van der Waals surface area contributed by atoms with Gasteiger partial charge in [-0.1, -0.05) is 12.1 Å². The molecular formula is C11H14BrFO. The summed E-state index contributed by atoms with van der Waals surface area (Å²) in [5.41, 5.74) is 0.964. The Hall–Kier alpha value is -0.410. The minimum absolute atomic E-state index is 0.223. The zero-order chi connectivity index (χ0) is 10.6. The Balaban J connectivity index is 2.54. The predicted molar refractivity (Wildman–Crippen MR) is 58.7 cm³/mol. The smallest absolute Gasteiger partial charge is 0.137 e. The molecule has 1 N–H and O–H groups in total. The third-order valence-corrected chi connectivity index (χ3v) is 2.99. The molecule has 0 aliphatic rings. The summed E-state index contributed by atoms with van der Waals surface area (Å²) in [6, 6.07) is 5.04. The fraction of sp³-hybridized carbons (Fsp3) is 0.455. The van der Waals surface area contributed by atoms with E-state index in [4.69, 9.17) is 5.11 Å². The lowest BCUT2D eigenvalue weighted by atomic mass is 10.1. The summed E-state index contributed by atoms with van der Waals surface area (Å²) in [6.07, 6.45) is 2.15. The molecule has 1 atom stereocenters. The number of halogens is 2. The first-order chi connectivity index (χ1) is 6.61. The first-order valence-corrected chi connectivity index (χ1v) is 5.51. The summed E-state index contributed by atoms with van der Waals surface area (Å²) < 4.78 is 13.6. The highest BCUT2D eigenvalue weighted by atomic mass is 79.9. The zero-order valence-corrected chi connectivity index (χ0v) is 9.72. The van der Waals surface area contributed by atoms with Crippen LogP contribution < -0.4 is 0 Å². The van der Waals surface area contributed by atoms with Gasteiger partial charge in [0, 0.05) is 0 Å². The number of aryl methyl sites for hydroxylation is 1. The van der Waals surface area contributed by atoms with Gasteiger partial charge >= 0.3 is 0 Å². The van der Waals surface area contributed by atoms with Gasteiger partial charge in [0.05, 0.1) is 10.6 Å². The van der Waals surface area contributed by atoms with E-state index in [0.717, 1.165) is 24.8 Å². The van der Waals surface area contributed by atoms with Gasteiger partial charge in [-0.3, -0.25) is 0 Å². The van der Waals surface area contributed by atoms with Crippen molar-refractivity contribution in [2.24, 2.45) is 0 Å². The van der Waals surface area contributed by atoms with Crippen LogP contribution in [0.1, 0.15) is 25.3 Å². The predicted octanol–water partition coefficient (Wildman–Crippen LogP) is 3.29. The van der Waals surface area contributed by atoms with Gasteiger partial charge in [-0.15, -0.1) is 0 Å². The maximum atomic E-state index is 13.1. The summed E-state index contributed by atoms with van der Waals surface area (Å²) in [5, 5.41) is 9.07. The lowest BCUT2D eigenvalue weighted by Gasteiger charge is -2.06. The number of rotatable bonds is 4. The van der Waals surface area contributed by atoms with E-state index in [-0.39, 0.29) is 11.9 Å². The first kappa shape index (κ1) is 11.7. The molecule has 1 rings (SSSR count). The second-order valence-electron chi connectivity index (χ2n) is 3.45. The van der Waals surface area contributed by atoms with E-state index in [1.54, 1.807) is 13.0 Å². The van der Waals surface area contributed by atoms with E-state index < -0.39 is 0 Å². The van der Waals surface area contributed by atoms with Gasteiger partial charge in [-0.25, -0.2) is 4.39 Å². The fourth-order valence-corrected chi connectivity index (χ4v) is 1.79. The highest BCUT2D eigenvalue weighted by Crippen LogP contribution is 2.22. The Morgan fingerprint density at radius 2 is 2.21 bits per heavy atom. The van der Waals surface area contributed by atoms with Crippen LogP contribution in [0.5, 0.6) is 0 Å². The second-order valence-corrected chi connectivity index (χ2v) is 4.25. The maximum Gasteiger partial charge on any atom is 0.137 e. The molecule has 0 radical (unpaired) electrons. The van der Waals surface area contributed by atoms with Crippen LogP contribution in [0.25, 0.3) is 0 Å². The van der Waals surface area contributed by atoms with Crippen LogP contribution in [0, 0.1) is 5.82 Å². The van der Waals surface area contributed by atoms with Crippen molar-refractivity contribution in [3.63, 3.8) is 0 Å². The molecule has 0 saturated heterocycles. The van der Waals surface area contributed by atoms with Crippen molar-refractivity contribution < 1.29 is 9.50 Å². The van der Waals surface area contributed by atoms with E-state index >= 15 is 0 Å². The molecule has 78 valence electrons. The molecule has 0 aliphatic heterocycles. The Kier molecular flexibility index (Phi) is 4.55. The normalized spacial score (nSPS) is 12.9. The van der Waals surface area contributed by atoms with Crippen LogP contribution in [0.2, 0.25) is 0 Å². The third-order valence-electron chi connectivity index (χ3n) is 2.10. The molecular weight excluding hydrogens is 247 g/mol. The van der Waals surface area contributed by atoms with E-state index in [1.165, 1.54) is 6.07 Å². The summed E-state index contributed by atoms with van der Waals surface area (Å²) in [7, 11) is 0. The van der Waals surface area contributed by atoms with E-state index in [1.807, 2.05) is 6.07 Å². The molecule has 0 aliphatic carbocycles. The van der Waals surface area contributed by atoms with Crippen LogP contribution in [0.15, 0.2) is 22.7 Å². The zero-order valence-electron chi connectivity index (χ0n) is 8.13. The van der Waals surface area contributed by atoms with Crippen LogP contribution in [-0.4, -0.2) is 11.2 Å². The molecule has 0 fully saturated rings. The number of aliphatic hydroxyl groups is 1. The molecule has 0 spiro atoms. The van der Waals surface area contributed by atoms with Crippen LogP contribution in [0.3, 0.4) is 0 Å². The van der Waals surface area contributed by atoms with Gasteiger partial charge in [0.1, 0.15) is 5.82 Å². The van der Waals surface area contributed by atoms with Gasteiger partial charge < -0.3 is 5.11 Å². The van der Waals surface area contributed by atoms with Gasteiger partial charge in [0.25, 0.3) is 0 Å². The Morgan fingerprint density at radius 1 is 1.50 bits per heavy atom. The number of hydrogen-bond acceptors (Lipinski definition) is 1. The topological polar surface area (TPSA) is 20.2 Å². The van der Waals surface area contributed by atoms with E-state index in [9.17, 15) is 4.39 Å². The van der Waals surface area contributed by atoms with Gasteiger partial charge in [-0.05, 0) is 53.7 Å². The molecule has 1 aromatic rings. The van der Waals surface area contributed by atoms with Crippen molar-refractivity contribution in [3.05, 3.63) is 34.1 Å². The summed E-state index contributed by atoms with van der Waals surface area (Å²) in [4.78, 5) is 0. The lowest BCUT2D eigenvalue weighted by Crippen LogP contribution is -2.00. The largest absolute Gasteiger partial charge is 0.393 e. The van der Waals surface area contributed by atoms with Crippen LogP contribution in [0.4, 0.5) is 4.39 Å². The van der Waals surface area contributed by atoms with Crippen molar-refractivity contribution in [2.45, 2.75) is 32.3 Å². The van der Waals surface area contributed by atoms with Crippen LogP contribution in [-0.2, 0) is 6.42 Å². The first-order valence-electron chi connectivity index (χ1n) is 4.72. The van der Waals surface area contributed by atoms with Crippen LogP contribution >= 0.6 is 15.9 Å². The molecule has 3 heteroatoms. The Labute approximate surface area is 92.1 Å². The summed E-state index contributed by atoms with van der Waals surface area (Å²) in [5.74, 6) is -0.223. The number of hydrogen-bond donors (Lipinski definition) is 1. The molecule has 0 aromatic heterocycles. The molecule has 14 heavy (non-hydrogen) atoms. The average molecular weight is 261 g/mol. The molecule has 0 amide bonds. The van der Waals surface area contributed by atoms with Gasteiger partial charge in [-0.2, -0.15) is 0 Å². The fourth-order valence-electron chi connectivity index (χ4n) is 1.33. The Bertz CT molecular complexity index is 299. The van der Waals surface area contributed by atoms with E-state index in [0.29, 0.717) is 4.47 Å². The lowest BCUT2D eigenvalue weighted by molar-refractivity contribution is 0.181. The third kappa shape index (κ3) is 3.39. The molecule has 0 bridgehead atoms. The number of aliphatic hydroxyl groups excluding tert-OH is 1. The summed E-state index contributed by atoms with van der Waals surface area (Å²) in [6.45, 7) is 1.76. The van der Waals surface area contributed by atoms with E-state index in [2.05, 4.69) is 15.9 Å². The second kappa shape index (κ2) is 5.47. The highest BCUT2D eigenvalue weighted by Gasteiger charge is 2.05. The summed E-state index contributed by atoms with van der Waals surface area (Å²) >= 11 is 3.21. The van der Waals surface area contributed by atoms with Crippen molar-refractivity contribution in [1.29, 1.82) is 0 Å². The monoisotopic (exact) mass is 260 g/mol. The van der Waals surface area contributed by atoms with Gasteiger partial charge in [0.2, 0.25) is 0 Å². The molecule has 1 unspecified atom stereocenters. The van der Waals surface area contributed by atoms with Crippen molar-refractivity contribution in [1.82, 2.24) is 0 Å². The maximum absolute atomic E-state index is 13.1. The number of benzene rings is 1. The molecule has 0 saturated carbocycles.